The van der Waals surface area contributed by atoms with E-state index in [1.807, 2.05) is 54.6 Å². The molecule has 0 radical (unpaired) electrons. The van der Waals surface area contributed by atoms with Crippen molar-refractivity contribution in [2.75, 3.05) is 7.11 Å². The summed E-state index contributed by atoms with van der Waals surface area (Å²) < 4.78 is 5.21. The molecule has 0 fully saturated rings. The molecule has 3 aromatic carbocycles. The van der Waals surface area contributed by atoms with Crippen LogP contribution in [0.5, 0.6) is 0 Å². The van der Waals surface area contributed by atoms with E-state index >= 15 is 0 Å². The van der Waals surface area contributed by atoms with E-state index in [0.29, 0.717) is 28.1 Å². The molecular weight excluding hydrogens is 458 g/mol. The van der Waals surface area contributed by atoms with Gasteiger partial charge >= 0.3 is 35.5 Å². The van der Waals surface area contributed by atoms with Crippen molar-refractivity contribution in [2.24, 2.45) is 4.99 Å². The number of hydrogen-bond acceptors (Lipinski definition) is 4. The van der Waals surface area contributed by atoms with Crippen molar-refractivity contribution < 1.29 is 45.6 Å². The Morgan fingerprint density at radius 3 is 2.19 bits per heavy atom. The number of carboxylic acids is 1. The predicted molar refractivity (Wildman–Crippen MR) is 123 cm³/mol. The molecule has 1 aliphatic rings. The Balaban J connectivity index is 0.00000193. The van der Waals surface area contributed by atoms with E-state index in [1.165, 1.54) is 0 Å². The van der Waals surface area contributed by atoms with Crippen LogP contribution in [0.3, 0.4) is 0 Å². The van der Waals surface area contributed by atoms with Gasteiger partial charge in [0, 0.05) is 22.7 Å². The average molecular weight is 479 g/mol. The van der Waals surface area contributed by atoms with Crippen LogP contribution in [0.2, 0.25) is 10.0 Å². The number of carbonyl (C=O) groups is 1. The molecule has 2 N–H and O–H groups in total. The van der Waals surface area contributed by atoms with E-state index in [2.05, 4.69) is 5.32 Å². The summed E-state index contributed by atoms with van der Waals surface area (Å²) in [5, 5.41) is 14.3. The van der Waals surface area contributed by atoms with Crippen LogP contribution >= 0.6 is 23.2 Å². The molecule has 8 heteroatoms. The number of nitrogens with one attached hydrogen (secondary N) is 1. The standard InChI is InChI=1S/C24H20Cl2N2O3.Na.H/c1-31-13-14-10-17(12-18(11-14)24(29)30)23-27-21(15-2-6-19(25)7-3-15)22(28-23)16-4-8-20(26)9-5-16;;/h2-12,21-22H,13H2,1H3,(H,27,28)(H,29,30);;/q;+1;-1. The molecule has 1 aliphatic heterocycles. The number of aliphatic imine (C=N–C) groups is 1. The fourth-order valence-electron chi connectivity index (χ4n) is 3.70. The minimum atomic E-state index is -0.999. The number of benzene rings is 3. The molecule has 0 bridgehead atoms. The normalized spacial score (nSPS) is 17.3. The second-order valence-corrected chi connectivity index (χ2v) is 8.18. The molecule has 32 heavy (non-hydrogen) atoms. The third-order valence-corrected chi connectivity index (χ3v) is 5.64. The smallest absolute Gasteiger partial charge is 1.00 e. The molecule has 5 nitrogen and oxygen atoms in total. The van der Waals surface area contributed by atoms with E-state index < -0.39 is 5.97 Å². The Kier molecular flexibility index (Phi) is 8.39. The molecule has 2 atom stereocenters. The number of rotatable bonds is 6. The summed E-state index contributed by atoms with van der Waals surface area (Å²) in [6, 6.07) is 20.0. The van der Waals surface area contributed by atoms with Crippen LogP contribution in [0.1, 0.15) is 46.1 Å². The van der Waals surface area contributed by atoms with Crippen molar-refractivity contribution in [3.8, 4) is 0 Å². The third kappa shape index (κ3) is 5.54. The summed E-state index contributed by atoms with van der Waals surface area (Å²) in [5.74, 6) is -0.373. The van der Waals surface area contributed by atoms with Crippen molar-refractivity contribution in [1.82, 2.24) is 5.32 Å². The number of aromatic carboxylic acids is 1. The predicted octanol–water partition coefficient (Wildman–Crippen LogP) is 2.79. The molecular formula is C24H21Cl2N2NaO3. The monoisotopic (exact) mass is 478 g/mol. The number of hydrogen-bond donors (Lipinski definition) is 2. The number of carboxylic acid groups (broad SMARTS) is 1. The summed E-state index contributed by atoms with van der Waals surface area (Å²) in [6.07, 6.45) is 0. The van der Waals surface area contributed by atoms with Crippen LogP contribution in [0.4, 0.5) is 0 Å². The van der Waals surface area contributed by atoms with E-state index in [4.69, 9.17) is 32.9 Å². The van der Waals surface area contributed by atoms with E-state index in [9.17, 15) is 9.90 Å². The van der Waals surface area contributed by atoms with Gasteiger partial charge in [0.25, 0.3) is 0 Å². The minimum Gasteiger partial charge on any atom is -1.00 e. The molecule has 160 valence electrons. The third-order valence-electron chi connectivity index (χ3n) is 5.14. The van der Waals surface area contributed by atoms with Crippen molar-refractivity contribution >= 4 is 35.0 Å². The first-order valence-corrected chi connectivity index (χ1v) is 10.4. The second kappa shape index (κ2) is 10.8. The van der Waals surface area contributed by atoms with E-state index in [-0.39, 0.29) is 48.6 Å². The molecule has 1 heterocycles. The Hall–Kier alpha value is -1.86. The van der Waals surface area contributed by atoms with Gasteiger partial charge in [0.1, 0.15) is 11.9 Å². The molecule has 3 aromatic rings. The van der Waals surface area contributed by atoms with Crippen LogP contribution in [-0.2, 0) is 11.3 Å². The zero-order valence-corrected chi connectivity index (χ0v) is 21.2. The topological polar surface area (TPSA) is 70.9 Å². The van der Waals surface area contributed by atoms with Gasteiger partial charge in [-0.1, -0.05) is 47.5 Å². The molecule has 4 rings (SSSR count). The number of ether oxygens (including phenoxy) is 1. The minimum absolute atomic E-state index is 0. The zero-order chi connectivity index (χ0) is 22.0. The molecule has 0 aromatic heterocycles. The fourth-order valence-corrected chi connectivity index (χ4v) is 3.95. The second-order valence-electron chi connectivity index (χ2n) is 7.30. The van der Waals surface area contributed by atoms with Gasteiger partial charge in [-0.05, 0) is 59.2 Å². The Morgan fingerprint density at radius 1 is 1.03 bits per heavy atom. The molecule has 0 saturated carbocycles. The summed E-state index contributed by atoms with van der Waals surface area (Å²) in [7, 11) is 1.57. The summed E-state index contributed by atoms with van der Waals surface area (Å²) in [4.78, 5) is 16.6. The molecule has 2 unspecified atom stereocenters. The van der Waals surface area contributed by atoms with Crippen molar-refractivity contribution in [3.63, 3.8) is 0 Å². The van der Waals surface area contributed by atoms with E-state index in [0.717, 1.165) is 16.7 Å². The summed E-state index contributed by atoms with van der Waals surface area (Å²) in [6.45, 7) is 0.308. The van der Waals surface area contributed by atoms with Crippen LogP contribution in [-0.4, -0.2) is 24.0 Å². The van der Waals surface area contributed by atoms with Gasteiger partial charge in [0.05, 0.1) is 18.2 Å². The Bertz CT molecular complexity index is 1140. The van der Waals surface area contributed by atoms with E-state index in [1.54, 1.807) is 19.2 Å². The summed E-state index contributed by atoms with van der Waals surface area (Å²) in [5.41, 5.74) is 3.67. The van der Waals surface area contributed by atoms with Crippen LogP contribution in [0.25, 0.3) is 0 Å². The van der Waals surface area contributed by atoms with Crippen molar-refractivity contribution in [1.29, 1.82) is 0 Å². The quantitative estimate of drug-likeness (QED) is 0.534. The zero-order valence-electron chi connectivity index (χ0n) is 18.7. The first-order chi connectivity index (χ1) is 14.9. The van der Waals surface area contributed by atoms with Gasteiger partial charge in [-0.2, -0.15) is 0 Å². The maximum absolute atomic E-state index is 11.6. The molecule has 0 amide bonds. The van der Waals surface area contributed by atoms with Crippen molar-refractivity contribution in [3.05, 3.63) is 105 Å². The SMILES string of the molecule is COCc1cc(C(=O)O)cc(C2=NC(c3ccc(Cl)cc3)C(c3ccc(Cl)cc3)N2)c1.[H-].[Na+]. The van der Waals surface area contributed by atoms with Gasteiger partial charge in [-0.3, -0.25) is 4.99 Å². The van der Waals surface area contributed by atoms with Gasteiger partial charge in [-0.25, -0.2) is 4.79 Å². The summed E-state index contributed by atoms with van der Waals surface area (Å²) >= 11 is 12.2. The number of methoxy groups -OCH3 is 1. The van der Waals surface area contributed by atoms with Gasteiger partial charge < -0.3 is 16.6 Å². The van der Waals surface area contributed by atoms with Crippen LogP contribution in [0.15, 0.2) is 71.7 Å². The average Bonchev–Trinajstić information content (AvgIpc) is 3.20. The van der Waals surface area contributed by atoms with Gasteiger partial charge in [0.2, 0.25) is 0 Å². The van der Waals surface area contributed by atoms with Crippen LogP contribution in [0, 0.1) is 0 Å². The maximum atomic E-state index is 11.6. The Morgan fingerprint density at radius 2 is 1.62 bits per heavy atom. The molecule has 0 spiro atoms. The molecule has 0 aliphatic carbocycles. The number of nitrogens with zero attached hydrogens (tertiary/aromatic N) is 1. The molecule has 0 saturated heterocycles. The first-order valence-electron chi connectivity index (χ1n) is 9.66. The van der Waals surface area contributed by atoms with Crippen LogP contribution < -0.4 is 34.9 Å². The number of halogens is 2. The largest absolute Gasteiger partial charge is 1.00 e. The maximum Gasteiger partial charge on any atom is 1.00 e. The Labute approximate surface area is 220 Å². The fraction of sp³-hybridized carbons (Fsp3) is 0.167. The van der Waals surface area contributed by atoms with Gasteiger partial charge in [-0.15, -0.1) is 0 Å². The van der Waals surface area contributed by atoms with Crippen molar-refractivity contribution in [2.45, 2.75) is 18.7 Å². The van der Waals surface area contributed by atoms with Gasteiger partial charge in [0.15, 0.2) is 0 Å². The number of amidine groups is 1. The first kappa shape index (κ1) is 24.8.